The monoisotopic (exact) mass is 506 g/mol. The highest BCUT2D eigenvalue weighted by Gasteiger charge is 2.42. The number of carboxylic acid groups (broad SMARTS) is 1. The summed E-state index contributed by atoms with van der Waals surface area (Å²) in [4.78, 5) is 14.9. The third-order valence-corrected chi connectivity index (χ3v) is 7.56. The van der Waals surface area contributed by atoms with Crippen LogP contribution in [-0.2, 0) is 17.8 Å². The van der Waals surface area contributed by atoms with Gasteiger partial charge in [0, 0.05) is 29.6 Å². The van der Waals surface area contributed by atoms with Crippen molar-refractivity contribution < 1.29 is 19.4 Å². The van der Waals surface area contributed by atoms with Gasteiger partial charge in [0.15, 0.2) is 11.5 Å². The normalized spacial score (nSPS) is 17.6. The maximum absolute atomic E-state index is 12.7. The van der Waals surface area contributed by atoms with E-state index in [1.807, 2.05) is 6.07 Å². The number of aryl methyl sites for hydroxylation is 1. The van der Waals surface area contributed by atoms with E-state index in [0.717, 1.165) is 62.9 Å². The second kappa shape index (κ2) is 12.5. The molecule has 4 rings (SSSR count). The fourth-order valence-corrected chi connectivity index (χ4v) is 5.63. The number of hydrogen-bond acceptors (Lipinski definition) is 4. The summed E-state index contributed by atoms with van der Waals surface area (Å²) in [7, 11) is 1.67. The molecule has 0 bridgehead atoms. The highest BCUT2D eigenvalue weighted by molar-refractivity contribution is 5.88. The number of para-hydroxylation sites is 1. The van der Waals surface area contributed by atoms with Crippen LogP contribution in [-0.4, -0.2) is 46.8 Å². The van der Waals surface area contributed by atoms with Crippen LogP contribution in [0.1, 0.15) is 82.2 Å². The summed E-state index contributed by atoms with van der Waals surface area (Å²) in [5.74, 6) is 0.667. The van der Waals surface area contributed by atoms with E-state index in [4.69, 9.17) is 9.47 Å². The van der Waals surface area contributed by atoms with E-state index >= 15 is 0 Å². The lowest BCUT2D eigenvalue weighted by molar-refractivity contribution is -0.144. The summed E-state index contributed by atoms with van der Waals surface area (Å²) in [5, 5.41) is 11.6. The van der Waals surface area contributed by atoms with Crippen LogP contribution in [0.5, 0.6) is 11.5 Å². The van der Waals surface area contributed by atoms with Gasteiger partial charge in [-0.3, -0.25) is 9.69 Å². The van der Waals surface area contributed by atoms with Gasteiger partial charge in [0.2, 0.25) is 0 Å². The lowest BCUT2D eigenvalue weighted by Crippen LogP contribution is -2.49. The van der Waals surface area contributed by atoms with Crippen LogP contribution in [0.25, 0.3) is 10.9 Å². The van der Waals surface area contributed by atoms with Crippen molar-refractivity contribution in [3.63, 3.8) is 0 Å². The molecular weight excluding hydrogens is 464 g/mol. The van der Waals surface area contributed by atoms with E-state index in [1.165, 1.54) is 22.2 Å². The predicted molar refractivity (Wildman–Crippen MR) is 149 cm³/mol. The summed E-state index contributed by atoms with van der Waals surface area (Å²) in [5.41, 5.74) is 4.63. The fraction of sp³-hybridized carbons (Fsp3) is 0.516. The van der Waals surface area contributed by atoms with E-state index < -0.39 is 12.0 Å². The maximum atomic E-state index is 12.7. The lowest BCUT2D eigenvalue weighted by atomic mass is 9.87. The van der Waals surface area contributed by atoms with Crippen LogP contribution in [0.2, 0.25) is 0 Å². The van der Waals surface area contributed by atoms with Crippen LogP contribution in [0.3, 0.4) is 0 Å². The van der Waals surface area contributed by atoms with Crippen molar-refractivity contribution >= 4 is 16.9 Å². The molecule has 1 aliphatic rings. The molecular formula is C31H42N2O4. The molecule has 0 spiro atoms. The van der Waals surface area contributed by atoms with Crippen LogP contribution < -0.4 is 9.47 Å². The third-order valence-electron chi connectivity index (χ3n) is 7.56. The fourth-order valence-electron chi connectivity index (χ4n) is 5.63. The van der Waals surface area contributed by atoms with Gasteiger partial charge >= 0.3 is 5.97 Å². The van der Waals surface area contributed by atoms with Gasteiger partial charge in [-0.25, -0.2) is 0 Å². The van der Waals surface area contributed by atoms with Crippen LogP contribution in [0, 0.1) is 0 Å². The van der Waals surface area contributed by atoms with Crippen LogP contribution >= 0.6 is 0 Å². The minimum Gasteiger partial charge on any atom is -0.493 e. The average Bonchev–Trinajstić information content (AvgIpc) is 3.23. The molecule has 6 nitrogen and oxygen atoms in total. The Morgan fingerprint density at radius 1 is 0.973 bits per heavy atom. The molecule has 6 heteroatoms. The Morgan fingerprint density at radius 2 is 1.70 bits per heavy atom. The number of hydrogen-bond donors (Lipinski definition) is 1. The molecule has 37 heavy (non-hydrogen) atoms. The number of ether oxygens (including phenoxy) is 2. The van der Waals surface area contributed by atoms with Crippen molar-refractivity contribution in [2.24, 2.45) is 0 Å². The number of methoxy groups -OCH3 is 1. The Hall–Kier alpha value is -2.99. The molecule has 0 aliphatic carbocycles. The lowest BCUT2D eigenvalue weighted by Gasteiger charge is -2.41. The SMILES string of the molecule is CCCCOc1ccc([C@H]2c3c(c4ccccc4n3CCCC)C[C@@H](C(=O)O)N2CCCC)cc1OC. The number of carbonyl (C=O) groups is 1. The molecule has 1 aromatic heterocycles. The van der Waals surface area contributed by atoms with E-state index in [0.29, 0.717) is 18.8 Å². The zero-order valence-electron chi connectivity index (χ0n) is 22.8. The first kappa shape index (κ1) is 27.1. The van der Waals surface area contributed by atoms with Crippen molar-refractivity contribution in [3.8, 4) is 11.5 Å². The van der Waals surface area contributed by atoms with E-state index in [1.54, 1.807) is 7.11 Å². The van der Waals surface area contributed by atoms with E-state index in [-0.39, 0.29) is 6.04 Å². The summed E-state index contributed by atoms with van der Waals surface area (Å²) in [6.45, 7) is 8.80. The number of fused-ring (bicyclic) bond motifs is 3. The molecule has 2 heterocycles. The Labute approximate surface area is 221 Å². The van der Waals surface area contributed by atoms with Gasteiger partial charge in [-0.15, -0.1) is 0 Å². The standard InChI is InChI=1S/C31H42N2O4/c1-5-8-17-32-25-14-12-11-13-23(25)24-21-26(31(34)35)33(18-9-6-2)29(30(24)32)22-15-16-27(28(20-22)36-4)37-19-10-7-3/h11-16,20,26,29H,5-10,17-19,21H2,1-4H3,(H,34,35)/t26-,29-/m0/s1. The molecule has 2 aromatic carbocycles. The second-order valence-electron chi connectivity index (χ2n) is 10.1. The quantitative estimate of drug-likeness (QED) is 0.257. The Kier molecular flexibility index (Phi) is 9.14. The van der Waals surface area contributed by atoms with E-state index in [2.05, 4.69) is 66.6 Å². The van der Waals surface area contributed by atoms with Crippen molar-refractivity contribution in [1.29, 1.82) is 0 Å². The molecule has 200 valence electrons. The molecule has 0 amide bonds. The van der Waals surface area contributed by atoms with Gasteiger partial charge < -0.3 is 19.1 Å². The first-order valence-corrected chi connectivity index (χ1v) is 13.9. The number of unbranched alkanes of at least 4 members (excludes halogenated alkanes) is 3. The molecule has 2 atom stereocenters. The Balaban J connectivity index is 1.92. The first-order valence-electron chi connectivity index (χ1n) is 13.9. The van der Waals surface area contributed by atoms with E-state index in [9.17, 15) is 9.90 Å². The number of benzene rings is 2. The molecule has 3 aromatic rings. The molecule has 0 fully saturated rings. The minimum atomic E-state index is -0.761. The molecule has 0 saturated carbocycles. The van der Waals surface area contributed by atoms with Gasteiger partial charge in [0.25, 0.3) is 0 Å². The molecule has 0 unspecified atom stereocenters. The molecule has 0 saturated heterocycles. The zero-order chi connectivity index (χ0) is 26.4. The summed E-state index contributed by atoms with van der Waals surface area (Å²) in [6, 6.07) is 13.9. The second-order valence-corrected chi connectivity index (χ2v) is 10.1. The van der Waals surface area contributed by atoms with Crippen molar-refractivity contribution in [2.75, 3.05) is 20.3 Å². The zero-order valence-corrected chi connectivity index (χ0v) is 22.8. The van der Waals surface area contributed by atoms with Crippen LogP contribution in [0.15, 0.2) is 42.5 Å². The minimum absolute atomic E-state index is 0.181. The summed E-state index contributed by atoms with van der Waals surface area (Å²) in [6.07, 6.45) is 6.69. The molecule has 0 radical (unpaired) electrons. The predicted octanol–water partition coefficient (Wildman–Crippen LogP) is 6.83. The average molecular weight is 507 g/mol. The van der Waals surface area contributed by atoms with Gasteiger partial charge in [-0.2, -0.15) is 0 Å². The number of rotatable bonds is 13. The maximum Gasteiger partial charge on any atom is 0.321 e. The highest BCUT2D eigenvalue weighted by atomic mass is 16.5. The Morgan fingerprint density at radius 3 is 2.41 bits per heavy atom. The van der Waals surface area contributed by atoms with Crippen molar-refractivity contribution in [2.45, 2.75) is 84.3 Å². The number of carboxylic acids is 1. The highest BCUT2D eigenvalue weighted by Crippen LogP contribution is 2.45. The summed E-state index contributed by atoms with van der Waals surface area (Å²) < 4.78 is 14.2. The first-order chi connectivity index (χ1) is 18.0. The van der Waals surface area contributed by atoms with Crippen LogP contribution in [0.4, 0.5) is 0 Å². The van der Waals surface area contributed by atoms with Gasteiger partial charge in [-0.05, 0) is 55.1 Å². The largest absolute Gasteiger partial charge is 0.493 e. The number of aliphatic carboxylic acids is 1. The van der Waals surface area contributed by atoms with Crippen molar-refractivity contribution in [3.05, 3.63) is 59.3 Å². The summed E-state index contributed by atoms with van der Waals surface area (Å²) >= 11 is 0. The van der Waals surface area contributed by atoms with Crippen molar-refractivity contribution in [1.82, 2.24) is 9.47 Å². The van der Waals surface area contributed by atoms with Gasteiger partial charge in [-0.1, -0.05) is 64.3 Å². The number of nitrogens with zero attached hydrogens (tertiary/aromatic N) is 2. The third kappa shape index (κ3) is 5.49. The molecule has 1 N–H and O–H groups in total. The Bertz CT molecular complexity index is 1200. The van der Waals surface area contributed by atoms with Gasteiger partial charge in [0.05, 0.1) is 19.8 Å². The topological polar surface area (TPSA) is 63.9 Å². The number of aromatic nitrogens is 1. The molecule has 1 aliphatic heterocycles. The smallest absolute Gasteiger partial charge is 0.321 e. The van der Waals surface area contributed by atoms with Gasteiger partial charge in [0.1, 0.15) is 6.04 Å².